The summed E-state index contributed by atoms with van der Waals surface area (Å²) in [4.78, 5) is 21.9. The number of benzene rings is 2. The van der Waals surface area contributed by atoms with Crippen LogP contribution in [0.2, 0.25) is 5.02 Å². The van der Waals surface area contributed by atoms with Crippen molar-refractivity contribution >= 4 is 11.6 Å². The first kappa shape index (κ1) is 23.4. The van der Waals surface area contributed by atoms with Crippen LogP contribution in [0.25, 0.3) is 0 Å². The predicted octanol–water partition coefficient (Wildman–Crippen LogP) is 7.01. The van der Waals surface area contributed by atoms with E-state index in [9.17, 15) is 9.81 Å². The monoisotopic (exact) mass is 482 g/mol. The van der Waals surface area contributed by atoms with Gasteiger partial charge in [0.25, 0.3) is 0 Å². The van der Waals surface area contributed by atoms with E-state index in [2.05, 4.69) is 34.6 Å². The smallest absolute Gasteiger partial charge is 0.119 e. The van der Waals surface area contributed by atoms with E-state index in [0.29, 0.717) is 30.4 Å². The minimum atomic E-state index is -0.384. The summed E-state index contributed by atoms with van der Waals surface area (Å²) in [6.45, 7) is 0.0273. The van der Waals surface area contributed by atoms with Crippen LogP contribution in [0.5, 0.6) is 5.75 Å². The van der Waals surface area contributed by atoms with Gasteiger partial charge >= 0.3 is 0 Å². The minimum Gasteiger partial charge on any atom is -0.490 e. The molecule has 0 bridgehead atoms. The number of hydrogen-bond donors (Lipinski definition) is 0. The van der Waals surface area contributed by atoms with Crippen molar-refractivity contribution in [2.45, 2.75) is 75.7 Å². The Bertz CT molecular complexity index is 1000. The molecule has 0 N–H and O–H groups in total. The molecule has 1 aliphatic heterocycles. The van der Waals surface area contributed by atoms with Gasteiger partial charge in [-0.25, -0.2) is 0 Å². The van der Waals surface area contributed by atoms with E-state index in [0.717, 1.165) is 34.3 Å². The molecule has 7 heteroatoms. The van der Waals surface area contributed by atoms with Crippen LogP contribution in [-0.2, 0) is 11.2 Å². The lowest BCUT2D eigenvalue weighted by Crippen LogP contribution is -2.32. The molecule has 0 amide bonds. The van der Waals surface area contributed by atoms with Gasteiger partial charge in [0.1, 0.15) is 12.3 Å². The molecule has 5 rings (SSSR count). The Morgan fingerprint density at radius 2 is 1.74 bits per heavy atom. The Morgan fingerprint density at radius 3 is 2.44 bits per heavy atom. The highest BCUT2D eigenvalue weighted by Gasteiger charge is 2.38. The molecule has 180 valence electrons. The van der Waals surface area contributed by atoms with Crippen LogP contribution in [0.3, 0.4) is 0 Å². The van der Waals surface area contributed by atoms with Crippen molar-refractivity contribution in [2.24, 2.45) is 22.2 Å². The largest absolute Gasteiger partial charge is 0.490 e. The van der Waals surface area contributed by atoms with Crippen molar-refractivity contribution in [2.75, 3.05) is 6.54 Å². The van der Waals surface area contributed by atoms with Crippen molar-refractivity contribution in [3.8, 4) is 5.75 Å². The highest BCUT2D eigenvalue weighted by molar-refractivity contribution is 6.31. The summed E-state index contributed by atoms with van der Waals surface area (Å²) in [5.41, 5.74) is 3.08. The summed E-state index contributed by atoms with van der Waals surface area (Å²) >= 11 is 6.52. The first-order chi connectivity index (χ1) is 16.6. The molecule has 0 spiro atoms. The SMILES string of the molecule is O=NC[C@@H]1C[C@H](N=O)CC(c2ccc(Cl)c(Cc3ccc(OC4CC5CCCC5C4)cc3)c2)O1. The maximum absolute atomic E-state index is 11.2. The van der Waals surface area contributed by atoms with Gasteiger partial charge in [-0.15, -0.1) is 0 Å². The van der Waals surface area contributed by atoms with Gasteiger partial charge < -0.3 is 9.47 Å². The summed E-state index contributed by atoms with van der Waals surface area (Å²) in [7, 11) is 0. The molecular formula is C27H31ClN2O4. The number of fused-ring (bicyclic) bond motifs is 1. The van der Waals surface area contributed by atoms with E-state index in [-0.39, 0.29) is 24.8 Å². The summed E-state index contributed by atoms with van der Waals surface area (Å²) in [6, 6.07) is 13.8. The van der Waals surface area contributed by atoms with Crippen LogP contribution in [0, 0.1) is 21.6 Å². The fraction of sp³-hybridized carbons (Fsp3) is 0.556. The third-order valence-electron chi connectivity index (χ3n) is 7.82. The summed E-state index contributed by atoms with van der Waals surface area (Å²) < 4.78 is 12.3. The fourth-order valence-electron chi connectivity index (χ4n) is 6.12. The second-order valence-corrected chi connectivity index (χ2v) is 10.5. The molecule has 3 unspecified atom stereocenters. The number of nitroso groups, excluding NO2 is 2. The zero-order chi connectivity index (χ0) is 23.5. The van der Waals surface area contributed by atoms with E-state index >= 15 is 0 Å². The maximum Gasteiger partial charge on any atom is 0.119 e. The molecule has 2 aliphatic carbocycles. The lowest BCUT2D eigenvalue weighted by atomic mass is 9.93. The topological polar surface area (TPSA) is 77.3 Å². The van der Waals surface area contributed by atoms with Gasteiger partial charge in [-0.3, -0.25) is 0 Å². The van der Waals surface area contributed by atoms with Crippen LogP contribution in [0.15, 0.2) is 52.8 Å². The van der Waals surface area contributed by atoms with E-state index in [1.807, 2.05) is 18.2 Å². The number of halogens is 1. The Labute approximate surface area is 205 Å². The van der Waals surface area contributed by atoms with Gasteiger partial charge in [-0.05, 0) is 66.0 Å². The Kier molecular flexibility index (Phi) is 7.26. The van der Waals surface area contributed by atoms with E-state index < -0.39 is 0 Å². The van der Waals surface area contributed by atoms with Crippen LogP contribution >= 0.6 is 11.6 Å². The highest BCUT2D eigenvalue weighted by Crippen LogP contribution is 2.45. The van der Waals surface area contributed by atoms with Crippen molar-refractivity contribution in [1.82, 2.24) is 0 Å². The van der Waals surface area contributed by atoms with Gasteiger partial charge in [-0.2, -0.15) is 9.81 Å². The molecular weight excluding hydrogens is 452 g/mol. The second-order valence-electron chi connectivity index (χ2n) is 10.1. The molecule has 0 radical (unpaired) electrons. The van der Waals surface area contributed by atoms with Crippen LogP contribution < -0.4 is 4.74 Å². The summed E-state index contributed by atoms with van der Waals surface area (Å²) in [5, 5.41) is 6.85. The zero-order valence-electron chi connectivity index (χ0n) is 19.3. The average molecular weight is 483 g/mol. The van der Waals surface area contributed by atoms with Crippen molar-refractivity contribution < 1.29 is 9.47 Å². The van der Waals surface area contributed by atoms with Crippen molar-refractivity contribution in [3.63, 3.8) is 0 Å². The van der Waals surface area contributed by atoms with Gasteiger partial charge in [0.2, 0.25) is 0 Å². The molecule has 0 aromatic heterocycles. The van der Waals surface area contributed by atoms with Crippen LogP contribution in [0.1, 0.15) is 67.7 Å². The first-order valence-electron chi connectivity index (χ1n) is 12.4. The van der Waals surface area contributed by atoms with Gasteiger partial charge in [0.15, 0.2) is 0 Å². The molecule has 5 atom stereocenters. The second kappa shape index (κ2) is 10.5. The molecule has 34 heavy (non-hydrogen) atoms. The van der Waals surface area contributed by atoms with Gasteiger partial charge in [-0.1, -0.05) is 65.5 Å². The number of nitrogens with zero attached hydrogens (tertiary/aromatic N) is 2. The van der Waals surface area contributed by atoms with Crippen LogP contribution in [0.4, 0.5) is 0 Å². The number of ether oxygens (including phenoxy) is 2. The fourth-order valence-corrected chi connectivity index (χ4v) is 6.31. The maximum atomic E-state index is 11.2. The third-order valence-corrected chi connectivity index (χ3v) is 8.18. The zero-order valence-corrected chi connectivity index (χ0v) is 20.0. The molecule has 3 aliphatic rings. The standard InChI is InChI=1S/C27H31ClN2O4/c28-26-9-6-20(27-15-22(30-32)14-25(34-27)16-29-31)11-21(26)10-17-4-7-23(8-5-17)33-24-12-18-2-1-3-19(18)13-24/h4-9,11,18-19,22,24-25,27H,1-3,10,12-16H2/t18?,19?,22-,24?,25-,27?/m0/s1. The summed E-state index contributed by atoms with van der Waals surface area (Å²) in [6.07, 6.45) is 7.80. The lowest BCUT2D eigenvalue weighted by molar-refractivity contribution is -0.0530. The first-order valence-corrected chi connectivity index (χ1v) is 12.8. The molecule has 2 saturated carbocycles. The molecule has 2 aromatic carbocycles. The molecule has 2 aromatic rings. The Hall–Kier alpha value is -2.31. The predicted molar refractivity (Wildman–Crippen MR) is 132 cm³/mol. The molecule has 6 nitrogen and oxygen atoms in total. The van der Waals surface area contributed by atoms with E-state index in [1.165, 1.54) is 32.1 Å². The quantitative estimate of drug-likeness (QED) is 0.379. The van der Waals surface area contributed by atoms with E-state index in [4.69, 9.17) is 21.1 Å². The van der Waals surface area contributed by atoms with Crippen molar-refractivity contribution in [3.05, 3.63) is 74.0 Å². The van der Waals surface area contributed by atoms with Crippen molar-refractivity contribution in [1.29, 1.82) is 0 Å². The minimum absolute atomic E-state index is 0.0273. The average Bonchev–Trinajstić information content (AvgIpc) is 3.43. The molecule has 3 fully saturated rings. The Balaban J connectivity index is 1.24. The highest BCUT2D eigenvalue weighted by atomic mass is 35.5. The number of hydrogen-bond acceptors (Lipinski definition) is 6. The molecule has 1 heterocycles. The molecule has 1 saturated heterocycles. The Morgan fingerprint density at radius 1 is 0.971 bits per heavy atom. The third kappa shape index (κ3) is 5.33. The lowest BCUT2D eigenvalue weighted by Gasteiger charge is -2.31. The van der Waals surface area contributed by atoms with E-state index in [1.54, 1.807) is 0 Å². The summed E-state index contributed by atoms with van der Waals surface area (Å²) in [5.74, 6) is 2.68. The normalized spacial score (nSPS) is 30.6. The van der Waals surface area contributed by atoms with Crippen LogP contribution in [-0.4, -0.2) is 24.8 Å². The van der Waals surface area contributed by atoms with Gasteiger partial charge in [0.05, 0.1) is 24.4 Å². The van der Waals surface area contributed by atoms with Gasteiger partial charge in [0, 0.05) is 17.9 Å². The number of rotatable bonds is 8.